The molecule has 0 saturated heterocycles. The van der Waals surface area contributed by atoms with Crippen LogP contribution in [-0.2, 0) is 0 Å². The normalized spacial score (nSPS) is 12.4. The molecule has 0 atom stereocenters. The van der Waals surface area contributed by atoms with Crippen LogP contribution in [0.2, 0.25) is 0 Å². The Bertz CT molecular complexity index is 581. The van der Waals surface area contributed by atoms with Crippen LogP contribution in [0.15, 0.2) is 82.8 Å². The summed E-state index contributed by atoms with van der Waals surface area (Å²) in [6, 6.07) is 19.7. The molecule has 0 aliphatic rings. The lowest BCUT2D eigenvalue weighted by atomic mass is 10.3. The molecule has 0 N–H and O–H groups in total. The summed E-state index contributed by atoms with van der Waals surface area (Å²) in [6.45, 7) is 1.97. The molecule has 0 saturated carbocycles. The Morgan fingerprint density at radius 1 is 0.842 bits per heavy atom. The molecule has 0 spiro atoms. The Morgan fingerprint density at radius 3 is 2.00 bits per heavy atom. The molecule has 19 heavy (non-hydrogen) atoms. The fourth-order valence-corrected chi connectivity index (χ4v) is 1.59. The third-order valence-electron chi connectivity index (χ3n) is 2.45. The molecule has 0 fully saturated rings. The molecule has 0 aliphatic heterocycles. The van der Waals surface area contributed by atoms with E-state index in [4.69, 9.17) is 0 Å². The summed E-state index contributed by atoms with van der Waals surface area (Å²) < 4.78 is 0. The number of benzene rings is 2. The second-order valence-electron chi connectivity index (χ2n) is 3.97. The average Bonchev–Trinajstić information content (AvgIpc) is 2.47. The van der Waals surface area contributed by atoms with Crippen LogP contribution in [-0.4, -0.2) is 11.9 Å². The summed E-state index contributed by atoms with van der Waals surface area (Å²) in [4.78, 5) is 8.96. The van der Waals surface area contributed by atoms with Crippen molar-refractivity contribution in [2.75, 3.05) is 0 Å². The minimum atomic E-state index is 0.831. The molecule has 2 aromatic rings. The quantitative estimate of drug-likeness (QED) is 0.698. The van der Waals surface area contributed by atoms with Gasteiger partial charge in [0.25, 0.3) is 0 Å². The minimum Gasteiger partial charge on any atom is -0.255 e. The second-order valence-corrected chi connectivity index (χ2v) is 3.97. The largest absolute Gasteiger partial charge is 0.255 e. The fraction of sp³-hybridized carbons (Fsp3) is 0.0588. The average molecular weight is 248 g/mol. The van der Waals surface area contributed by atoms with E-state index in [2.05, 4.69) is 9.98 Å². The van der Waals surface area contributed by atoms with Crippen LogP contribution in [0.3, 0.4) is 0 Å². The molecule has 0 heterocycles. The summed E-state index contributed by atoms with van der Waals surface area (Å²) in [5, 5.41) is 0. The van der Waals surface area contributed by atoms with Crippen LogP contribution < -0.4 is 0 Å². The number of rotatable bonds is 4. The summed E-state index contributed by atoms with van der Waals surface area (Å²) in [5.41, 5.74) is 2.68. The summed E-state index contributed by atoms with van der Waals surface area (Å²) in [5.74, 6) is 0. The number of para-hydroxylation sites is 2. The maximum atomic E-state index is 4.54. The molecule has 0 aliphatic carbocycles. The lowest BCUT2D eigenvalue weighted by molar-refractivity contribution is 1.51. The molecule has 0 unspecified atom stereocenters. The van der Waals surface area contributed by atoms with Crippen molar-refractivity contribution < 1.29 is 0 Å². The van der Waals surface area contributed by atoms with Crippen molar-refractivity contribution in [3.8, 4) is 0 Å². The van der Waals surface area contributed by atoms with Gasteiger partial charge in [-0.25, -0.2) is 4.99 Å². The molecule has 2 nitrogen and oxygen atoms in total. The first kappa shape index (κ1) is 13.0. The van der Waals surface area contributed by atoms with Gasteiger partial charge in [-0.15, -0.1) is 0 Å². The van der Waals surface area contributed by atoms with Crippen LogP contribution in [0.5, 0.6) is 0 Å². The second kappa shape index (κ2) is 7.07. The zero-order valence-electron chi connectivity index (χ0n) is 10.9. The van der Waals surface area contributed by atoms with E-state index in [1.807, 2.05) is 79.7 Å². The van der Waals surface area contributed by atoms with Gasteiger partial charge in [0, 0.05) is 0 Å². The van der Waals surface area contributed by atoms with Gasteiger partial charge >= 0.3 is 0 Å². The fourth-order valence-electron chi connectivity index (χ4n) is 1.59. The van der Waals surface area contributed by atoms with Crippen molar-refractivity contribution >= 4 is 23.3 Å². The number of aliphatic imine (C=N–C) groups is 2. The van der Waals surface area contributed by atoms with Gasteiger partial charge in [0.05, 0.1) is 23.3 Å². The third kappa shape index (κ3) is 4.36. The van der Waals surface area contributed by atoms with E-state index < -0.39 is 0 Å². The lowest BCUT2D eigenvalue weighted by Crippen LogP contribution is -1.93. The first-order valence-electron chi connectivity index (χ1n) is 6.24. The number of nitrogens with zero attached hydrogens (tertiary/aromatic N) is 2. The van der Waals surface area contributed by atoms with E-state index in [1.165, 1.54) is 0 Å². The van der Waals surface area contributed by atoms with E-state index in [-0.39, 0.29) is 0 Å². The molecule has 0 aromatic heterocycles. The standard InChI is InChI=1S/C17H16N2/c1-2-9-17(19-16-12-7-4-8-13-16)14-18-15-10-5-3-6-11-15/h2-14H,1H3/b9-2-,18-14?,19-17?. The van der Waals surface area contributed by atoms with E-state index in [0.29, 0.717) is 0 Å². The highest BCUT2D eigenvalue weighted by Gasteiger charge is 1.92. The van der Waals surface area contributed by atoms with Gasteiger partial charge in [-0.05, 0) is 37.3 Å². The Kier molecular flexibility index (Phi) is 4.82. The maximum Gasteiger partial charge on any atom is 0.0816 e. The van der Waals surface area contributed by atoms with E-state index >= 15 is 0 Å². The van der Waals surface area contributed by atoms with Gasteiger partial charge in [0.15, 0.2) is 0 Å². The zero-order valence-corrected chi connectivity index (χ0v) is 10.9. The van der Waals surface area contributed by atoms with Gasteiger partial charge in [-0.1, -0.05) is 42.5 Å². The first-order chi connectivity index (χ1) is 9.38. The smallest absolute Gasteiger partial charge is 0.0816 e. The molecule has 0 bridgehead atoms. The summed E-state index contributed by atoms with van der Waals surface area (Å²) >= 11 is 0. The van der Waals surface area contributed by atoms with Crippen molar-refractivity contribution in [2.45, 2.75) is 6.92 Å². The van der Waals surface area contributed by atoms with Crippen molar-refractivity contribution in [2.24, 2.45) is 9.98 Å². The monoisotopic (exact) mass is 248 g/mol. The van der Waals surface area contributed by atoms with Gasteiger partial charge in [0.1, 0.15) is 0 Å². The van der Waals surface area contributed by atoms with Crippen LogP contribution in [0.1, 0.15) is 6.92 Å². The van der Waals surface area contributed by atoms with Crippen LogP contribution in [0, 0.1) is 0 Å². The molecule has 2 heteroatoms. The first-order valence-corrected chi connectivity index (χ1v) is 6.24. The van der Waals surface area contributed by atoms with Gasteiger partial charge in [0.2, 0.25) is 0 Å². The van der Waals surface area contributed by atoms with Gasteiger partial charge in [-0.3, -0.25) is 4.99 Å². The Balaban J connectivity index is 2.22. The number of hydrogen-bond donors (Lipinski definition) is 0. The third-order valence-corrected chi connectivity index (χ3v) is 2.45. The van der Waals surface area contributed by atoms with Crippen molar-refractivity contribution in [1.82, 2.24) is 0 Å². The highest BCUT2D eigenvalue weighted by atomic mass is 14.8. The number of hydrogen-bond acceptors (Lipinski definition) is 2. The van der Waals surface area contributed by atoms with Crippen molar-refractivity contribution in [3.63, 3.8) is 0 Å². The summed E-state index contributed by atoms with van der Waals surface area (Å²) in [6.07, 6.45) is 5.68. The van der Waals surface area contributed by atoms with E-state index in [0.717, 1.165) is 17.1 Å². The van der Waals surface area contributed by atoms with Crippen LogP contribution in [0.25, 0.3) is 0 Å². The predicted molar refractivity (Wildman–Crippen MR) is 82.9 cm³/mol. The lowest BCUT2D eigenvalue weighted by Gasteiger charge is -1.96. The molecular formula is C17H16N2. The molecule has 0 radical (unpaired) electrons. The number of allylic oxidation sites excluding steroid dienone is 2. The maximum absolute atomic E-state index is 4.54. The van der Waals surface area contributed by atoms with E-state index in [9.17, 15) is 0 Å². The molecule has 2 aromatic carbocycles. The Labute approximate surface area is 113 Å². The van der Waals surface area contributed by atoms with E-state index in [1.54, 1.807) is 6.21 Å². The zero-order chi connectivity index (χ0) is 13.3. The Morgan fingerprint density at radius 2 is 1.42 bits per heavy atom. The van der Waals surface area contributed by atoms with Crippen LogP contribution >= 0.6 is 0 Å². The minimum absolute atomic E-state index is 0.831. The van der Waals surface area contributed by atoms with Crippen molar-refractivity contribution in [3.05, 3.63) is 72.8 Å². The highest BCUT2D eigenvalue weighted by molar-refractivity contribution is 6.36. The predicted octanol–water partition coefficient (Wildman–Crippen LogP) is 4.74. The molecule has 94 valence electrons. The summed E-state index contributed by atoms with van der Waals surface area (Å²) in [7, 11) is 0. The van der Waals surface area contributed by atoms with Gasteiger partial charge < -0.3 is 0 Å². The highest BCUT2D eigenvalue weighted by Crippen LogP contribution is 2.12. The molecule has 0 amide bonds. The van der Waals surface area contributed by atoms with Gasteiger partial charge in [-0.2, -0.15) is 0 Å². The Hall–Kier alpha value is -2.48. The van der Waals surface area contributed by atoms with Crippen molar-refractivity contribution in [1.29, 1.82) is 0 Å². The molecular weight excluding hydrogens is 232 g/mol. The molecule has 2 rings (SSSR count). The topological polar surface area (TPSA) is 24.7 Å². The van der Waals surface area contributed by atoms with Crippen LogP contribution in [0.4, 0.5) is 11.4 Å². The SMILES string of the molecule is C/C=C\C(C=Nc1ccccc1)=Nc1ccccc1.